The lowest BCUT2D eigenvalue weighted by atomic mass is 10.0. The van der Waals surface area contributed by atoms with Gasteiger partial charge in [-0.05, 0) is 6.07 Å². The molecule has 2 atom stereocenters. The molecular weight excluding hydrogens is 256 g/mol. The van der Waals surface area contributed by atoms with Crippen molar-refractivity contribution in [3.63, 3.8) is 0 Å². The van der Waals surface area contributed by atoms with Gasteiger partial charge in [0.2, 0.25) is 0 Å². The Bertz CT molecular complexity index is 436. The summed E-state index contributed by atoms with van der Waals surface area (Å²) in [6.45, 7) is 1.09. The molecule has 0 saturated carbocycles. The third-order valence-corrected chi connectivity index (χ3v) is 3.20. The van der Waals surface area contributed by atoms with Gasteiger partial charge in [-0.15, -0.1) is 0 Å². The summed E-state index contributed by atoms with van der Waals surface area (Å²) in [5.41, 5.74) is -0.898. The van der Waals surface area contributed by atoms with Gasteiger partial charge < -0.3 is 20.3 Å². The molecule has 1 heterocycles. The molecule has 1 saturated heterocycles. The summed E-state index contributed by atoms with van der Waals surface area (Å²) < 4.78 is 31.2. The maximum Gasteiger partial charge on any atom is 0.131 e. The van der Waals surface area contributed by atoms with Crippen LogP contribution >= 0.6 is 0 Å². The number of benzene rings is 1. The zero-order valence-corrected chi connectivity index (χ0v) is 10.4. The third kappa shape index (κ3) is 3.70. The van der Waals surface area contributed by atoms with Crippen molar-refractivity contribution in [3.8, 4) is 0 Å². The summed E-state index contributed by atoms with van der Waals surface area (Å²) in [6, 6.07) is 3.04. The van der Waals surface area contributed by atoms with E-state index in [0.29, 0.717) is 13.0 Å². The van der Waals surface area contributed by atoms with E-state index in [9.17, 15) is 19.0 Å². The minimum atomic E-state index is -1.09. The highest BCUT2D eigenvalue weighted by atomic mass is 19.1. The standard InChI is InChI=1S/C13H17F2NO3/c14-9-1-2-10(11(15)5-9)12(17)6-16-7-13(18)3-4-19-8-13/h1-2,5,12,16-18H,3-4,6-8H2. The van der Waals surface area contributed by atoms with E-state index in [-0.39, 0.29) is 25.3 Å². The predicted molar refractivity (Wildman–Crippen MR) is 64.6 cm³/mol. The van der Waals surface area contributed by atoms with Gasteiger partial charge in [-0.1, -0.05) is 6.07 Å². The van der Waals surface area contributed by atoms with E-state index in [1.807, 2.05) is 0 Å². The molecule has 1 aromatic rings. The quantitative estimate of drug-likeness (QED) is 0.740. The summed E-state index contributed by atoms with van der Waals surface area (Å²) in [6.07, 6.45) is -0.562. The van der Waals surface area contributed by atoms with Crippen molar-refractivity contribution < 1.29 is 23.7 Å². The van der Waals surface area contributed by atoms with Gasteiger partial charge in [-0.2, -0.15) is 0 Å². The molecular formula is C13H17F2NO3. The average molecular weight is 273 g/mol. The van der Waals surface area contributed by atoms with E-state index >= 15 is 0 Å². The lowest BCUT2D eigenvalue weighted by molar-refractivity contribution is 0.0243. The number of rotatable bonds is 5. The molecule has 1 aliphatic rings. The predicted octanol–water partition coefficient (Wildman–Crippen LogP) is 0.739. The molecule has 0 spiro atoms. The van der Waals surface area contributed by atoms with Crippen molar-refractivity contribution in [1.82, 2.24) is 5.32 Å². The topological polar surface area (TPSA) is 61.7 Å². The van der Waals surface area contributed by atoms with E-state index in [1.165, 1.54) is 6.07 Å². The van der Waals surface area contributed by atoms with Crippen LogP contribution in [0.2, 0.25) is 0 Å². The Balaban J connectivity index is 1.85. The van der Waals surface area contributed by atoms with Crippen LogP contribution in [0.3, 0.4) is 0 Å². The van der Waals surface area contributed by atoms with Crippen molar-refractivity contribution in [1.29, 1.82) is 0 Å². The molecule has 19 heavy (non-hydrogen) atoms. The molecule has 2 rings (SSSR count). The maximum atomic E-state index is 13.4. The monoisotopic (exact) mass is 273 g/mol. The molecule has 6 heteroatoms. The number of hydrogen-bond acceptors (Lipinski definition) is 4. The zero-order chi connectivity index (χ0) is 13.9. The van der Waals surface area contributed by atoms with E-state index in [2.05, 4.69) is 5.32 Å². The average Bonchev–Trinajstić information content (AvgIpc) is 2.76. The smallest absolute Gasteiger partial charge is 0.131 e. The molecule has 0 amide bonds. The Morgan fingerprint density at radius 3 is 2.84 bits per heavy atom. The maximum absolute atomic E-state index is 13.4. The Morgan fingerprint density at radius 2 is 2.21 bits per heavy atom. The van der Waals surface area contributed by atoms with Crippen LogP contribution in [0.25, 0.3) is 0 Å². The largest absolute Gasteiger partial charge is 0.387 e. The fourth-order valence-corrected chi connectivity index (χ4v) is 2.06. The van der Waals surface area contributed by atoms with Gasteiger partial charge in [0.15, 0.2) is 0 Å². The van der Waals surface area contributed by atoms with Crippen molar-refractivity contribution >= 4 is 0 Å². The minimum absolute atomic E-state index is 0.0311. The Kier molecular flexibility index (Phi) is 4.46. The van der Waals surface area contributed by atoms with E-state index in [4.69, 9.17) is 4.74 Å². The Morgan fingerprint density at radius 1 is 1.42 bits per heavy atom. The Hall–Kier alpha value is -1.08. The summed E-state index contributed by atoms with van der Waals surface area (Å²) in [5, 5.41) is 22.7. The van der Waals surface area contributed by atoms with Gasteiger partial charge in [0, 0.05) is 37.7 Å². The number of nitrogens with one attached hydrogen (secondary N) is 1. The molecule has 0 aliphatic carbocycles. The molecule has 0 bridgehead atoms. The number of aliphatic hydroxyl groups excluding tert-OH is 1. The molecule has 1 fully saturated rings. The SMILES string of the molecule is OC(CNCC1(O)CCOC1)c1ccc(F)cc1F. The van der Waals surface area contributed by atoms with Crippen LogP contribution in [-0.2, 0) is 4.74 Å². The fourth-order valence-electron chi connectivity index (χ4n) is 2.06. The lowest BCUT2D eigenvalue weighted by Gasteiger charge is -2.22. The van der Waals surface area contributed by atoms with Gasteiger partial charge >= 0.3 is 0 Å². The lowest BCUT2D eigenvalue weighted by Crippen LogP contribution is -2.42. The number of hydrogen-bond donors (Lipinski definition) is 3. The molecule has 106 valence electrons. The summed E-state index contributed by atoms with van der Waals surface area (Å²) in [5.74, 6) is -1.46. The summed E-state index contributed by atoms with van der Waals surface area (Å²) >= 11 is 0. The van der Waals surface area contributed by atoms with Gasteiger partial charge in [-0.25, -0.2) is 8.78 Å². The van der Waals surface area contributed by atoms with Crippen molar-refractivity contribution in [2.75, 3.05) is 26.3 Å². The van der Waals surface area contributed by atoms with Crippen LogP contribution < -0.4 is 5.32 Å². The van der Waals surface area contributed by atoms with Gasteiger partial charge in [0.25, 0.3) is 0 Å². The van der Waals surface area contributed by atoms with Crippen molar-refractivity contribution in [2.45, 2.75) is 18.1 Å². The summed E-state index contributed by atoms with van der Waals surface area (Å²) in [4.78, 5) is 0. The highest BCUT2D eigenvalue weighted by molar-refractivity contribution is 5.21. The highest BCUT2D eigenvalue weighted by Gasteiger charge is 2.31. The zero-order valence-electron chi connectivity index (χ0n) is 10.4. The van der Waals surface area contributed by atoms with Crippen LogP contribution in [0.15, 0.2) is 18.2 Å². The second kappa shape index (κ2) is 5.92. The van der Waals surface area contributed by atoms with Gasteiger partial charge in [0.1, 0.15) is 17.2 Å². The first-order valence-electron chi connectivity index (χ1n) is 6.14. The number of ether oxygens (including phenoxy) is 1. The first-order chi connectivity index (χ1) is 9.00. The van der Waals surface area contributed by atoms with Gasteiger partial charge in [0.05, 0.1) is 12.7 Å². The van der Waals surface area contributed by atoms with Gasteiger partial charge in [-0.3, -0.25) is 0 Å². The third-order valence-electron chi connectivity index (χ3n) is 3.20. The molecule has 0 aromatic heterocycles. The van der Waals surface area contributed by atoms with Crippen molar-refractivity contribution in [2.24, 2.45) is 0 Å². The first-order valence-corrected chi connectivity index (χ1v) is 6.14. The molecule has 1 aromatic carbocycles. The minimum Gasteiger partial charge on any atom is -0.387 e. The fraction of sp³-hybridized carbons (Fsp3) is 0.538. The van der Waals surface area contributed by atoms with Crippen LogP contribution in [0.1, 0.15) is 18.1 Å². The van der Waals surface area contributed by atoms with E-state index in [1.54, 1.807) is 0 Å². The van der Waals surface area contributed by atoms with Crippen LogP contribution in [0, 0.1) is 11.6 Å². The molecule has 2 unspecified atom stereocenters. The molecule has 0 radical (unpaired) electrons. The van der Waals surface area contributed by atoms with Crippen LogP contribution in [0.5, 0.6) is 0 Å². The van der Waals surface area contributed by atoms with Crippen LogP contribution in [-0.4, -0.2) is 42.1 Å². The van der Waals surface area contributed by atoms with E-state index < -0.39 is 23.3 Å². The number of aliphatic hydroxyl groups is 2. The second-order valence-corrected chi connectivity index (χ2v) is 4.84. The highest BCUT2D eigenvalue weighted by Crippen LogP contribution is 2.19. The summed E-state index contributed by atoms with van der Waals surface area (Å²) in [7, 11) is 0. The normalized spacial score (nSPS) is 24.6. The number of halogens is 2. The second-order valence-electron chi connectivity index (χ2n) is 4.84. The van der Waals surface area contributed by atoms with Crippen LogP contribution in [0.4, 0.5) is 8.78 Å². The molecule has 4 nitrogen and oxygen atoms in total. The molecule has 1 aliphatic heterocycles. The molecule has 3 N–H and O–H groups in total. The van der Waals surface area contributed by atoms with E-state index in [0.717, 1.165) is 12.1 Å². The Labute approximate surface area is 110 Å². The first kappa shape index (κ1) is 14.3. The van der Waals surface area contributed by atoms with Crippen molar-refractivity contribution in [3.05, 3.63) is 35.4 Å².